The van der Waals surface area contributed by atoms with Gasteiger partial charge in [-0.15, -0.1) is 0 Å². The lowest BCUT2D eigenvalue weighted by Gasteiger charge is -2.29. The Morgan fingerprint density at radius 3 is 2.09 bits per heavy atom. The van der Waals surface area contributed by atoms with Crippen molar-refractivity contribution in [2.45, 2.75) is 58.3 Å². The van der Waals surface area contributed by atoms with E-state index in [1.54, 1.807) is 6.07 Å². The number of ether oxygens (including phenoxy) is 2. The van der Waals surface area contributed by atoms with Crippen molar-refractivity contribution in [1.82, 2.24) is 0 Å². The fraction of sp³-hybridized carbons (Fsp3) is 0.357. The predicted molar refractivity (Wildman–Crippen MR) is 136 cm³/mol. The van der Waals surface area contributed by atoms with E-state index in [4.69, 9.17) is 9.47 Å². The fourth-order valence-electron chi connectivity index (χ4n) is 3.81. The molecule has 0 bridgehead atoms. The zero-order valence-corrected chi connectivity index (χ0v) is 21.0. The summed E-state index contributed by atoms with van der Waals surface area (Å²) in [5, 5.41) is 6.67. The van der Waals surface area contributed by atoms with Gasteiger partial charge in [-0.3, -0.25) is 0 Å². The van der Waals surface area contributed by atoms with Gasteiger partial charge in [0.2, 0.25) is 0 Å². The molecule has 3 rings (SSSR count). The van der Waals surface area contributed by atoms with Gasteiger partial charge in [0.25, 0.3) is 0 Å². The molecule has 0 fully saturated rings. The van der Waals surface area contributed by atoms with Gasteiger partial charge in [-0.05, 0) is 76.9 Å². The van der Waals surface area contributed by atoms with Crippen LogP contribution in [0.1, 0.15) is 45.7 Å². The van der Waals surface area contributed by atoms with Crippen molar-refractivity contribution in [3.05, 3.63) is 77.9 Å². The fourth-order valence-corrected chi connectivity index (χ4v) is 3.81. The molecule has 3 aromatic rings. The van der Waals surface area contributed by atoms with Gasteiger partial charge in [-0.1, -0.05) is 24.3 Å². The molecule has 0 saturated carbocycles. The molecule has 0 spiro atoms. The standard InChI is InChI=1S/C28H33F3N2O2/c1-26(2,3)32-21-11-9-12-23(16-21)35-25-13-8-7-10-19(25)18-27(4,5)33-22-14-20(28(29,30)31)15-24(17-22)34-6/h7-17,32-33H,18H2,1-6H3. The molecule has 0 aliphatic carbocycles. The highest BCUT2D eigenvalue weighted by Gasteiger charge is 2.32. The Kier molecular flexibility index (Phi) is 7.58. The van der Waals surface area contributed by atoms with E-state index >= 15 is 0 Å². The van der Waals surface area contributed by atoms with Crippen molar-refractivity contribution in [2.75, 3.05) is 17.7 Å². The van der Waals surface area contributed by atoms with Crippen molar-refractivity contribution < 1.29 is 22.6 Å². The average Bonchev–Trinajstić information content (AvgIpc) is 2.72. The lowest BCUT2D eigenvalue weighted by atomic mass is 9.93. The molecule has 35 heavy (non-hydrogen) atoms. The summed E-state index contributed by atoms with van der Waals surface area (Å²) in [6, 6.07) is 19.1. The van der Waals surface area contributed by atoms with E-state index in [1.165, 1.54) is 7.11 Å². The topological polar surface area (TPSA) is 42.5 Å². The van der Waals surface area contributed by atoms with Gasteiger partial charge >= 0.3 is 6.18 Å². The maximum atomic E-state index is 13.3. The van der Waals surface area contributed by atoms with Gasteiger partial charge < -0.3 is 20.1 Å². The lowest BCUT2D eigenvalue weighted by Crippen LogP contribution is -2.33. The van der Waals surface area contributed by atoms with E-state index in [1.807, 2.05) is 62.4 Å². The van der Waals surface area contributed by atoms with Crippen molar-refractivity contribution >= 4 is 11.4 Å². The Labute approximate surface area is 205 Å². The third-order valence-corrected chi connectivity index (χ3v) is 5.14. The van der Waals surface area contributed by atoms with E-state index < -0.39 is 17.3 Å². The number of methoxy groups -OCH3 is 1. The lowest BCUT2D eigenvalue weighted by molar-refractivity contribution is -0.137. The number of benzene rings is 3. The molecule has 0 amide bonds. The Morgan fingerprint density at radius 2 is 1.43 bits per heavy atom. The number of hydrogen-bond donors (Lipinski definition) is 2. The molecule has 3 aromatic carbocycles. The largest absolute Gasteiger partial charge is 0.497 e. The Morgan fingerprint density at radius 1 is 0.743 bits per heavy atom. The van der Waals surface area contributed by atoms with Crippen LogP contribution < -0.4 is 20.1 Å². The first-order valence-electron chi connectivity index (χ1n) is 11.4. The first kappa shape index (κ1) is 26.3. The number of nitrogens with one attached hydrogen (secondary N) is 2. The zero-order valence-electron chi connectivity index (χ0n) is 21.0. The summed E-state index contributed by atoms with van der Waals surface area (Å²) in [7, 11) is 1.35. The van der Waals surface area contributed by atoms with Gasteiger partial charge in [0.05, 0.1) is 12.7 Å². The van der Waals surface area contributed by atoms with E-state index in [0.717, 1.165) is 23.4 Å². The molecule has 0 aromatic heterocycles. The van der Waals surface area contributed by atoms with Gasteiger partial charge in [0, 0.05) is 34.6 Å². The van der Waals surface area contributed by atoms with Gasteiger partial charge in [-0.2, -0.15) is 13.2 Å². The second-order valence-corrected chi connectivity index (χ2v) is 10.2. The van der Waals surface area contributed by atoms with Crippen LogP contribution in [-0.2, 0) is 12.6 Å². The molecule has 0 unspecified atom stereocenters. The van der Waals surface area contributed by atoms with Crippen molar-refractivity contribution in [1.29, 1.82) is 0 Å². The van der Waals surface area contributed by atoms with Gasteiger partial charge in [0.1, 0.15) is 17.2 Å². The monoisotopic (exact) mass is 486 g/mol. The normalized spacial score (nSPS) is 12.3. The summed E-state index contributed by atoms with van der Waals surface area (Å²) in [4.78, 5) is 0. The highest BCUT2D eigenvalue weighted by Crippen LogP contribution is 2.36. The summed E-state index contributed by atoms with van der Waals surface area (Å²) in [5.41, 5.74) is 0.789. The average molecular weight is 487 g/mol. The summed E-state index contributed by atoms with van der Waals surface area (Å²) in [6.45, 7) is 10.1. The highest BCUT2D eigenvalue weighted by atomic mass is 19.4. The number of anilines is 2. The SMILES string of the molecule is COc1cc(NC(C)(C)Cc2ccccc2Oc2cccc(NC(C)(C)C)c2)cc(C(F)(F)F)c1. The second kappa shape index (κ2) is 10.1. The van der Waals surface area contributed by atoms with E-state index in [2.05, 4.69) is 31.4 Å². The molecule has 7 heteroatoms. The van der Waals surface area contributed by atoms with Gasteiger partial charge in [-0.25, -0.2) is 0 Å². The minimum Gasteiger partial charge on any atom is -0.497 e. The first-order valence-corrected chi connectivity index (χ1v) is 11.4. The Balaban J connectivity index is 1.81. The molecule has 0 atom stereocenters. The number of rotatable bonds is 8. The maximum absolute atomic E-state index is 13.3. The van der Waals surface area contributed by atoms with Crippen molar-refractivity contribution in [3.63, 3.8) is 0 Å². The van der Waals surface area contributed by atoms with Crippen LogP contribution in [0, 0.1) is 0 Å². The van der Waals surface area contributed by atoms with E-state index in [0.29, 0.717) is 23.6 Å². The molecule has 4 nitrogen and oxygen atoms in total. The van der Waals surface area contributed by atoms with Crippen molar-refractivity contribution in [2.24, 2.45) is 0 Å². The van der Waals surface area contributed by atoms with Crippen LogP contribution in [0.4, 0.5) is 24.5 Å². The summed E-state index contributed by atoms with van der Waals surface area (Å²) in [5.74, 6) is 1.53. The minimum atomic E-state index is -4.47. The molecule has 0 heterocycles. The number of para-hydroxylation sites is 1. The van der Waals surface area contributed by atoms with Crippen LogP contribution in [-0.4, -0.2) is 18.2 Å². The molecule has 0 radical (unpaired) electrons. The number of halogens is 3. The third-order valence-electron chi connectivity index (χ3n) is 5.14. The summed E-state index contributed by atoms with van der Waals surface area (Å²) >= 11 is 0. The van der Waals surface area contributed by atoms with Crippen LogP contribution in [0.25, 0.3) is 0 Å². The third kappa shape index (κ3) is 7.84. The van der Waals surface area contributed by atoms with Crippen LogP contribution in [0.2, 0.25) is 0 Å². The van der Waals surface area contributed by atoms with Crippen LogP contribution in [0.15, 0.2) is 66.7 Å². The summed E-state index contributed by atoms with van der Waals surface area (Å²) < 4.78 is 51.3. The molecule has 188 valence electrons. The van der Waals surface area contributed by atoms with Gasteiger partial charge in [0.15, 0.2) is 0 Å². The quantitative estimate of drug-likeness (QED) is 0.337. The number of hydrogen-bond acceptors (Lipinski definition) is 4. The predicted octanol–water partition coefficient (Wildman–Crippen LogP) is 8.15. The smallest absolute Gasteiger partial charge is 0.416 e. The van der Waals surface area contributed by atoms with Crippen LogP contribution in [0.5, 0.6) is 17.2 Å². The molecule has 0 aliphatic rings. The molecular formula is C28H33F3N2O2. The maximum Gasteiger partial charge on any atom is 0.416 e. The van der Waals surface area contributed by atoms with Crippen LogP contribution in [0.3, 0.4) is 0 Å². The molecule has 2 N–H and O–H groups in total. The Bertz CT molecular complexity index is 1150. The number of alkyl halides is 3. The second-order valence-electron chi connectivity index (χ2n) is 10.2. The Hall–Kier alpha value is -3.35. The molecular weight excluding hydrogens is 453 g/mol. The minimum absolute atomic E-state index is 0.0850. The van der Waals surface area contributed by atoms with Crippen molar-refractivity contribution in [3.8, 4) is 17.2 Å². The van der Waals surface area contributed by atoms with Crippen LogP contribution >= 0.6 is 0 Å². The highest BCUT2D eigenvalue weighted by molar-refractivity contribution is 5.54. The molecule has 0 saturated heterocycles. The molecule has 0 aliphatic heterocycles. The van der Waals surface area contributed by atoms with E-state index in [-0.39, 0.29) is 11.3 Å². The first-order chi connectivity index (χ1) is 16.2. The zero-order chi connectivity index (χ0) is 25.9. The van der Waals surface area contributed by atoms with E-state index in [9.17, 15) is 13.2 Å². The summed E-state index contributed by atoms with van der Waals surface area (Å²) in [6.07, 6.45) is -3.95.